The number of hydrogen-bond donors (Lipinski definition) is 1. The molecular formula is C15H19Br2NOS. The standard InChI is InChI=1S/C15H19Br2NOS/c16-11-1-2-12(13(17)7-11)14(18)10-3-5-19-15(8-10)4-6-20-9-15/h1-2,7,10,14H,3-6,8-9,18H2. The largest absolute Gasteiger partial charge is 0.374 e. The minimum absolute atomic E-state index is 0.0869. The Kier molecular flexibility index (Phi) is 4.83. The smallest absolute Gasteiger partial charge is 0.0783 e. The van der Waals surface area contributed by atoms with Gasteiger partial charge in [-0.25, -0.2) is 0 Å². The van der Waals surface area contributed by atoms with Crippen LogP contribution in [-0.2, 0) is 4.74 Å². The first-order chi connectivity index (χ1) is 9.60. The summed E-state index contributed by atoms with van der Waals surface area (Å²) in [6.07, 6.45) is 3.35. The summed E-state index contributed by atoms with van der Waals surface area (Å²) in [6, 6.07) is 6.37. The van der Waals surface area contributed by atoms with E-state index in [0.29, 0.717) is 5.92 Å². The van der Waals surface area contributed by atoms with Gasteiger partial charge in [0.1, 0.15) is 0 Å². The highest BCUT2D eigenvalue weighted by Crippen LogP contribution is 2.44. The predicted molar refractivity (Wildman–Crippen MR) is 92.1 cm³/mol. The Bertz CT molecular complexity index is 491. The first kappa shape index (κ1) is 15.3. The molecule has 0 saturated carbocycles. The van der Waals surface area contributed by atoms with E-state index in [4.69, 9.17) is 10.5 Å². The molecule has 3 atom stereocenters. The van der Waals surface area contributed by atoms with Crippen molar-refractivity contribution < 1.29 is 4.74 Å². The molecule has 0 radical (unpaired) electrons. The molecule has 3 rings (SSSR count). The van der Waals surface area contributed by atoms with Crippen molar-refractivity contribution >= 4 is 43.6 Å². The third-order valence-electron chi connectivity index (χ3n) is 4.43. The number of halogens is 2. The SMILES string of the molecule is NC(c1ccc(Br)cc1Br)C1CCOC2(CCSC2)C1. The molecule has 1 aromatic rings. The third kappa shape index (κ3) is 3.12. The van der Waals surface area contributed by atoms with Gasteiger partial charge in [0.2, 0.25) is 0 Å². The average Bonchev–Trinajstić information content (AvgIpc) is 2.86. The van der Waals surface area contributed by atoms with E-state index in [1.165, 1.54) is 17.7 Å². The maximum atomic E-state index is 6.56. The molecule has 0 aromatic heterocycles. The number of benzene rings is 1. The summed E-state index contributed by atoms with van der Waals surface area (Å²) in [5.74, 6) is 2.88. The normalized spacial score (nSPS) is 31.6. The van der Waals surface area contributed by atoms with Gasteiger partial charge in [-0.2, -0.15) is 11.8 Å². The van der Waals surface area contributed by atoms with E-state index in [9.17, 15) is 0 Å². The molecule has 2 fully saturated rings. The summed E-state index contributed by atoms with van der Waals surface area (Å²) in [6.45, 7) is 0.854. The topological polar surface area (TPSA) is 35.2 Å². The Morgan fingerprint density at radius 1 is 1.40 bits per heavy atom. The Labute approximate surface area is 141 Å². The zero-order valence-corrected chi connectivity index (χ0v) is 15.3. The molecule has 1 spiro atoms. The molecule has 2 nitrogen and oxygen atoms in total. The molecule has 2 N–H and O–H groups in total. The van der Waals surface area contributed by atoms with Gasteiger partial charge in [0.15, 0.2) is 0 Å². The molecule has 5 heteroatoms. The van der Waals surface area contributed by atoms with Crippen molar-refractivity contribution in [1.29, 1.82) is 0 Å². The average molecular weight is 421 g/mol. The molecule has 0 aliphatic carbocycles. The van der Waals surface area contributed by atoms with Crippen LogP contribution in [0.3, 0.4) is 0 Å². The summed E-state index contributed by atoms with van der Waals surface area (Å²) in [7, 11) is 0. The lowest BCUT2D eigenvalue weighted by Crippen LogP contribution is -2.42. The molecule has 110 valence electrons. The van der Waals surface area contributed by atoms with E-state index in [0.717, 1.165) is 34.1 Å². The van der Waals surface area contributed by atoms with Gasteiger partial charge in [-0.15, -0.1) is 0 Å². The zero-order chi connectivity index (χ0) is 14.2. The Morgan fingerprint density at radius 3 is 2.95 bits per heavy atom. The minimum atomic E-state index is 0.0869. The molecule has 2 aliphatic heterocycles. The lowest BCUT2D eigenvalue weighted by molar-refractivity contribution is -0.0834. The summed E-state index contributed by atoms with van der Waals surface area (Å²) in [5.41, 5.74) is 7.88. The predicted octanol–water partition coefficient (Wildman–Crippen LogP) is 4.51. The first-order valence-corrected chi connectivity index (χ1v) is 9.76. The van der Waals surface area contributed by atoms with Crippen LogP contribution in [0, 0.1) is 5.92 Å². The lowest BCUT2D eigenvalue weighted by Gasteiger charge is -2.40. The Hall–Kier alpha value is 0.450. The van der Waals surface area contributed by atoms with Gasteiger partial charge in [-0.1, -0.05) is 37.9 Å². The molecule has 2 heterocycles. The monoisotopic (exact) mass is 419 g/mol. The summed E-state index contributed by atoms with van der Waals surface area (Å²) >= 11 is 9.15. The van der Waals surface area contributed by atoms with Crippen LogP contribution in [0.15, 0.2) is 27.1 Å². The van der Waals surface area contributed by atoms with Crippen LogP contribution in [0.4, 0.5) is 0 Å². The van der Waals surface area contributed by atoms with Crippen LogP contribution < -0.4 is 5.73 Å². The van der Waals surface area contributed by atoms with Gasteiger partial charge < -0.3 is 10.5 Å². The van der Waals surface area contributed by atoms with E-state index in [1.807, 2.05) is 11.8 Å². The second-order valence-electron chi connectivity index (χ2n) is 5.78. The maximum absolute atomic E-state index is 6.56. The Balaban J connectivity index is 1.77. The van der Waals surface area contributed by atoms with Gasteiger partial charge >= 0.3 is 0 Å². The van der Waals surface area contributed by atoms with Crippen molar-refractivity contribution in [2.24, 2.45) is 11.7 Å². The fourth-order valence-corrected chi connectivity index (χ4v) is 5.95. The van der Waals surface area contributed by atoms with E-state index in [-0.39, 0.29) is 11.6 Å². The molecule has 2 aliphatic rings. The molecular weight excluding hydrogens is 402 g/mol. The van der Waals surface area contributed by atoms with Gasteiger partial charge in [-0.05, 0) is 48.6 Å². The highest BCUT2D eigenvalue weighted by Gasteiger charge is 2.42. The molecule has 3 unspecified atom stereocenters. The van der Waals surface area contributed by atoms with Crippen LogP contribution in [0.1, 0.15) is 30.9 Å². The maximum Gasteiger partial charge on any atom is 0.0783 e. The third-order valence-corrected chi connectivity index (χ3v) is 6.83. The minimum Gasteiger partial charge on any atom is -0.374 e. The van der Waals surface area contributed by atoms with Crippen molar-refractivity contribution in [2.45, 2.75) is 30.9 Å². The van der Waals surface area contributed by atoms with Crippen LogP contribution in [0.5, 0.6) is 0 Å². The molecule has 0 bridgehead atoms. The van der Waals surface area contributed by atoms with E-state index < -0.39 is 0 Å². The van der Waals surface area contributed by atoms with E-state index >= 15 is 0 Å². The number of rotatable bonds is 2. The number of nitrogens with two attached hydrogens (primary N) is 1. The Morgan fingerprint density at radius 2 is 2.25 bits per heavy atom. The van der Waals surface area contributed by atoms with Crippen LogP contribution in [-0.4, -0.2) is 23.7 Å². The molecule has 0 amide bonds. The summed E-state index contributed by atoms with van der Waals surface area (Å²) in [4.78, 5) is 0. The second kappa shape index (κ2) is 6.29. The van der Waals surface area contributed by atoms with Crippen LogP contribution >= 0.6 is 43.6 Å². The number of ether oxygens (including phenoxy) is 1. The van der Waals surface area contributed by atoms with Crippen molar-refractivity contribution in [3.63, 3.8) is 0 Å². The highest BCUT2D eigenvalue weighted by atomic mass is 79.9. The summed E-state index contributed by atoms with van der Waals surface area (Å²) < 4.78 is 8.27. The van der Waals surface area contributed by atoms with Gasteiger partial charge in [0, 0.05) is 27.3 Å². The van der Waals surface area contributed by atoms with Crippen LogP contribution in [0.25, 0.3) is 0 Å². The highest BCUT2D eigenvalue weighted by molar-refractivity contribution is 9.11. The van der Waals surface area contributed by atoms with E-state index in [2.05, 4.69) is 50.1 Å². The lowest BCUT2D eigenvalue weighted by atomic mass is 9.79. The summed E-state index contributed by atoms with van der Waals surface area (Å²) in [5, 5.41) is 0. The molecule has 20 heavy (non-hydrogen) atoms. The first-order valence-electron chi connectivity index (χ1n) is 7.02. The van der Waals surface area contributed by atoms with Gasteiger partial charge in [0.05, 0.1) is 5.60 Å². The fourth-order valence-electron chi connectivity index (χ4n) is 3.26. The quantitative estimate of drug-likeness (QED) is 0.764. The number of hydrogen-bond acceptors (Lipinski definition) is 3. The fraction of sp³-hybridized carbons (Fsp3) is 0.600. The van der Waals surface area contributed by atoms with Crippen molar-refractivity contribution in [2.75, 3.05) is 18.1 Å². The van der Waals surface area contributed by atoms with Gasteiger partial charge in [0.25, 0.3) is 0 Å². The molecule has 1 aromatic carbocycles. The van der Waals surface area contributed by atoms with Crippen molar-refractivity contribution in [3.05, 3.63) is 32.7 Å². The second-order valence-corrected chi connectivity index (χ2v) is 8.65. The van der Waals surface area contributed by atoms with Gasteiger partial charge in [-0.3, -0.25) is 0 Å². The van der Waals surface area contributed by atoms with E-state index in [1.54, 1.807) is 0 Å². The van der Waals surface area contributed by atoms with Crippen molar-refractivity contribution in [3.8, 4) is 0 Å². The zero-order valence-electron chi connectivity index (χ0n) is 11.3. The number of thioether (sulfide) groups is 1. The molecule has 2 saturated heterocycles. The van der Waals surface area contributed by atoms with Crippen molar-refractivity contribution in [1.82, 2.24) is 0 Å². The van der Waals surface area contributed by atoms with Crippen LogP contribution in [0.2, 0.25) is 0 Å².